The molecule has 1 aromatic heterocycles. The highest BCUT2D eigenvalue weighted by atomic mass is 16.3. The Bertz CT molecular complexity index is 286. The van der Waals surface area contributed by atoms with Crippen LogP contribution in [-0.2, 0) is 11.3 Å². The van der Waals surface area contributed by atoms with E-state index in [0.29, 0.717) is 25.2 Å². The normalized spacial score (nSPS) is 10.3. The highest BCUT2D eigenvalue weighted by molar-refractivity contribution is 5.75. The van der Waals surface area contributed by atoms with Crippen LogP contribution in [0.3, 0.4) is 0 Å². The average Bonchev–Trinajstić information content (AvgIpc) is 2.70. The summed E-state index contributed by atoms with van der Waals surface area (Å²) in [5, 5.41) is 15.0. The van der Waals surface area contributed by atoms with Crippen LogP contribution < -0.4 is 0 Å². The Labute approximate surface area is 88.3 Å². The Morgan fingerprint density at radius 1 is 1.60 bits per heavy atom. The van der Waals surface area contributed by atoms with Gasteiger partial charge in [0.25, 0.3) is 0 Å². The lowest BCUT2D eigenvalue weighted by atomic mass is 10.2. The second-order valence-corrected chi connectivity index (χ2v) is 3.36. The lowest BCUT2D eigenvalue weighted by Crippen LogP contribution is -2.26. The number of hydrogen-bond donors (Lipinski definition) is 2. The number of carbonyl (C=O) groups excluding carboxylic acids is 1. The van der Waals surface area contributed by atoms with E-state index in [-0.39, 0.29) is 12.5 Å². The van der Waals surface area contributed by atoms with Crippen LogP contribution in [0, 0.1) is 0 Å². The maximum Gasteiger partial charge on any atom is 0.222 e. The molecule has 0 fully saturated rings. The van der Waals surface area contributed by atoms with E-state index in [4.69, 9.17) is 5.11 Å². The molecule has 84 valence electrons. The molecule has 0 aliphatic heterocycles. The molecule has 0 unspecified atom stereocenters. The number of aromatic nitrogens is 3. The molecular weight excluding hydrogens is 196 g/mol. The Kier molecular flexibility index (Phi) is 4.76. The monoisotopic (exact) mass is 212 g/mol. The summed E-state index contributed by atoms with van der Waals surface area (Å²) in [6, 6.07) is 0. The first-order valence-electron chi connectivity index (χ1n) is 4.93. The zero-order valence-electron chi connectivity index (χ0n) is 8.81. The Morgan fingerprint density at radius 3 is 3.00 bits per heavy atom. The lowest BCUT2D eigenvalue weighted by molar-refractivity contribution is -0.130. The van der Waals surface area contributed by atoms with Gasteiger partial charge in [-0.15, -0.1) is 0 Å². The molecular formula is C9H16N4O2. The van der Waals surface area contributed by atoms with Gasteiger partial charge >= 0.3 is 0 Å². The summed E-state index contributed by atoms with van der Waals surface area (Å²) < 4.78 is 0. The van der Waals surface area contributed by atoms with E-state index in [1.807, 2.05) is 0 Å². The third-order valence-electron chi connectivity index (χ3n) is 2.08. The van der Waals surface area contributed by atoms with Crippen LogP contribution in [0.25, 0.3) is 0 Å². The van der Waals surface area contributed by atoms with Gasteiger partial charge in [-0.25, -0.2) is 4.98 Å². The van der Waals surface area contributed by atoms with Crippen LogP contribution >= 0.6 is 0 Å². The number of hydrogen-bond acceptors (Lipinski definition) is 4. The van der Waals surface area contributed by atoms with Gasteiger partial charge in [-0.05, 0) is 12.8 Å². The number of nitrogens with zero attached hydrogens (tertiary/aromatic N) is 3. The predicted molar refractivity (Wildman–Crippen MR) is 53.8 cm³/mol. The SMILES string of the molecule is CN(Cc1ncn[nH]1)C(=O)CCCCO. The molecule has 15 heavy (non-hydrogen) atoms. The minimum atomic E-state index is 0.0554. The molecule has 0 saturated carbocycles. The third-order valence-corrected chi connectivity index (χ3v) is 2.08. The van der Waals surface area contributed by atoms with Crippen molar-refractivity contribution in [3.05, 3.63) is 12.2 Å². The van der Waals surface area contributed by atoms with Gasteiger partial charge in [0.2, 0.25) is 5.91 Å². The fourth-order valence-electron chi connectivity index (χ4n) is 1.20. The lowest BCUT2D eigenvalue weighted by Gasteiger charge is -2.15. The van der Waals surface area contributed by atoms with Crippen LogP contribution in [0.15, 0.2) is 6.33 Å². The Morgan fingerprint density at radius 2 is 2.40 bits per heavy atom. The maximum absolute atomic E-state index is 11.5. The van der Waals surface area contributed by atoms with Crippen molar-refractivity contribution in [1.29, 1.82) is 0 Å². The average molecular weight is 212 g/mol. The number of carbonyl (C=O) groups is 1. The molecule has 6 heteroatoms. The number of rotatable bonds is 6. The van der Waals surface area contributed by atoms with E-state index in [1.165, 1.54) is 6.33 Å². The van der Waals surface area contributed by atoms with Crippen molar-refractivity contribution in [2.45, 2.75) is 25.8 Å². The summed E-state index contributed by atoms with van der Waals surface area (Å²) in [6.45, 7) is 0.580. The van der Waals surface area contributed by atoms with E-state index in [2.05, 4.69) is 15.2 Å². The van der Waals surface area contributed by atoms with Gasteiger partial charge in [-0.2, -0.15) is 5.10 Å². The van der Waals surface area contributed by atoms with Gasteiger partial charge in [0.15, 0.2) is 0 Å². The summed E-state index contributed by atoms with van der Waals surface area (Å²) in [7, 11) is 1.73. The van der Waals surface area contributed by atoms with E-state index in [0.717, 1.165) is 6.42 Å². The maximum atomic E-state index is 11.5. The molecule has 1 amide bonds. The number of aromatic amines is 1. The first-order chi connectivity index (χ1) is 7.24. The smallest absolute Gasteiger partial charge is 0.222 e. The Balaban J connectivity index is 2.27. The summed E-state index contributed by atoms with van der Waals surface area (Å²) in [5.41, 5.74) is 0. The summed E-state index contributed by atoms with van der Waals surface area (Å²) in [5.74, 6) is 0.729. The minimum Gasteiger partial charge on any atom is -0.396 e. The second kappa shape index (κ2) is 6.13. The molecule has 0 spiro atoms. The van der Waals surface area contributed by atoms with Crippen LogP contribution in [0.1, 0.15) is 25.1 Å². The largest absolute Gasteiger partial charge is 0.396 e. The molecule has 0 aliphatic rings. The van der Waals surface area contributed by atoms with Crippen molar-refractivity contribution < 1.29 is 9.90 Å². The molecule has 1 aromatic rings. The molecule has 0 aliphatic carbocycles. The molecule has 1 rings (SSSR count). The van der Waals surface area contributed by atoms with Gasteiger partial charge in [0.05, 0.1) is 6.54 Å². The van der Waals surface area contributed by atoms with E-state index < -0.39 is 0 Å². The quantitative estimate of drug-likeness (QED) is 0.646. The summed E-state index contributed by atoms with van der Waals surface area (Å²) in [6.07, 6.45) is 3.27. The number of unbranched alkanes of at least 4 members (excludes halogenated alkanes) is 1. The molecule has 0 saturated heterocycles. The van der Waals surface area contributed by atoms with Crippen molar-refractivity contribution in [3.8, 4) is 0 Å². The second-order valence-electron chi connectivity index (χ2n) is 3.36. The number of nitrogens with one attached hydrogen (secondary N) is 1. The standard InChI is InChI=1S/C9H16N4O2/c1-13(6-8-10-7-11-12-8)9(15)4-2-3-5-14/h7,14H,2-6H2,1H3,(H,10,11,12). The minimum absolute atomic E-state index is 0.0554. The van der Waals surface area contributed by atoms with Gasteiger partial charge in [-0.3, -0.25) is 9.89 Å². The molecule has 6 nitrogen and oxygen atoms in total. The van der Waals surface area contributed by atoms with Gasteiger partial charge in [0.1, 0.15) is 12.2 Å². The number of H-pyrrole nitrogens is 1. The van der Waals surface area contributed by atoms with E-state index >= 15 is 0 Å². The van der Waals surface area contributed by atoms with Crippen molar-refractivity contribution in [2.24, 2.45) is 0 Å². The topological polar surface area (TPSA) is 82.1 Å². The van der Waals surface area contributed by atoms with Crippen LogP contribution in [-0.4, -0.2) is 44.7 Å². The van der Waals surface area contributed by atoms with Crippen LogP contribution in [0.4, 0.5) is 0 Å². The zero-order chi connectivity index (χ0) is 11.1. The molecule has 0 radical (unpaired) electrons. The van der Waals surface area contributed by atoms with Crippen molar-refractivity contribution in [3.63, 3.8) is 0 Å². The van der Waals surface area contributed by atoms with E-state index in [1.54, 1.807) is 11.9 Å². The first kappa shape index (κ1) is 11.6. The van der Waals surface area contributed by atoms with Gasteiger partial charge in [0, 0.05) is 20.1 Å². The fraction of sp³-hybridized carbons (Fsp3) is 0.667. The summed E-state index contributed by atoms with van der Waals surface area (Å²) in [4.78, 5) is 17.1. The molecule has 1 heterocycles. The molecule has 2 N–H and O–H groups in total. The highest BCUT2D eigenvalue weighted by Crippen LogP contribution is 2.01. The van der Waals surface area contributed by atoms with Crippen LogP contribution in [0.5, 0.6) is 0 Å². The molecule has 0 atom stereocenters. The zero-order valence-corrected chi connectivity index (χ0v) is 8.81. The van der Waals surface area contributed by atoms with Crippen molar-refractivity contribution in [2.75, 3.05) is 13.7 Å². The molecule has 0 aromatic carbocycles. The summed E-state index contributed by atoms with van der Waals surface area (Å²) >= 11 is 0. The fourth-order valence-corrected chi connectivity index (χ4v) is 1.20. The molecule has 0 bridgehead atoms. The number of aliphatic hydroxyl groups excluding tert-OH is 1. The highest BCUT2D eigenvalue weighted by Gasteiger charge is 2.09. The van der Waals surface area contributed by atoms with Gasteiger partial charge in [-0.1, -0.05) is 0 Å². The third kappa shape index (κ3) is 4.07. The van der Waals surface area contributed by atoms with Gasteiger partial charge < -0.3 is 10.0 Å². The number of aliphatic hydroxyl groups is 1. The predicted octanol–water partition coefficient (Wildman–Crippen LogP) is -0.0743. The van der Waals surface area contributed by atoms with E-state index in [9.17, 15) is 4.79 Å². The Hall–Kier alpha value is -1.43. The number of amides is 1. The van der Waals surface area contributed by atoms with Crippen molar-refractivity contribution in [1.82, 2.24) is 20.1 Å². The van der Waals surface area contributed by atoms with Crippen molar-refractivity contribution >= 4 is 5.91 Å². The first-order valence-corrected chi connectivity index (χ1v) is 4.93. The van der Waals surface area contributed by atoms with Crippen LogP contribution in [0.2, 0.25) is 0 Å².